The van der Waals surface area contributed by atoms with Crippen LogP contribution in [0.1, 0.15) is 39.0 Å². The van der Waals surface area contributed by atoms with Gasteiger partial charge in [0, 0.05) is 38.1 Å². The van der Waals surface area contributed by atoms with Gasteiger partial charge >= 0.3 is 0 Å². The van der Waals surface area contributed by atoms with Crippen LogP contribution in [0, 0.1) is 11.8 Å². The quantitative estimate of drug-likeness (QED) is 0.812. The normalized spacial score (nSPS) is 22.0. The summed E-state index contributed by atoms with van der Waals surface area (Å²) in [6.07, 6.45) is 4.03. The van der Waals surface area contributed by atoms with Gasteiger partial charge in [0.25, 0.3) is 0 Å². The first-order valence-electron chi connectivity index (χ1n) is 10.5. The van der Waals surface area contributed by atoms with Gasteiger partial charge in [0.1, 0.15) is 5.75 Å². The molecule has 2 N–H and O–H groups in total. The largest absolute Gasteiger partial charge is 0.493 e. The number of ether oxygens (including phenoxy) is 1. The number of para-hydroxylation sites is 1. The van der Waals surface area contributed by atoms with Crippen LogP contribution >= 0.6 is 0 Å². The van der Waals surface area contributed by atoms with E-state index in [1.54, 1.807) is 0 Å². The number of carbonyl (C=O) groups excluding carboxylic acids is 2. The summed E-state index contributed by atoms with van der Waals surface area (Å²) in [5.74, 6) is 1.59. The van der Waals surface area contributed by atoms with Gasteiger partial charge in [0.15, 0.2) is 0 Å². The fourth-order valence-electron chi connectivity index (χ4n) is 4.20. The summed E-state index contributed by atoms with van der Waals surface area (Å²) in [6.45, 7) is 5.36. The van der Waals surface area contributed by atoms with Crippen LogP contribution in [0.2, 0.25) is 0 Å². The molecule has 2 atom stereocenters. The molecule has 2 amide bonds. The first-order chi connectivity index (χ1) is 13.5. The number of rotatable bonds is 6. The number of likely N-dealkylation sites (tertiary alicyclic amines) is 2. The molecule has 6 heteroatoms. The molecule has 28 heavy (non-hydrogen) atoms. The van der Waals surface area contributed by atoms with E-state index in [1.807, 2.05) is 47.1 Å². The van der Waals surface area contributed by atoms with Gasteiger partial charge in [-0.25, -0.2) is 0 Å². The minimum atomic E-state index is 0.0384. The van der Waals surface area contributed by atoms with E-state index in [4.69, 9.17) is 10.5 Å². The molecule has 0 radical (unpaired) electrons. The molecule has 0 bridgehead atoms. The van der Waals surface area contributed by atoms with Crippen molar-refractivity contribution < 1.29 is 14.3 Å². The molecule has 2 fully saturated rings. The van der Waals surface area contributed by atoms with Crippen LogP contribution < -0.4 is 10.5 Å². The highest BCUT2D eigenvalue weighted by atomic mass is 16.5. The van der Waals surface area contributed by atoms with Crippen molar-refractivity contribution in [3.05, 3.63) is 30.3 Å². The van der Waals surface area contributed by atoms with Crippen molar-refractivity contribution in [1.82, 2.24) is 9.80 Å². The number of hydrogen-bond acceptors (Lipinski definition) is 4. The number of benzene rings is 1. The molecule has 0 spiro atoms. The lowest BCUT2D eigenvalue weighted by molar-refractivity contribution is -0.142. The van der Waals surface area contributed by atoms with Gasteiger partial charge in [-0.1, -0.05) is 18.2 Å². The maximum Gasteiger partial charge on any atom is 0.225 e. The Bertz CT molecular complexity index is 642. The Morgan fingerprint density at radius 1 is 1.11 bits per heavy atom. The fraction of sp³-hybridized carbons (Fsp3) is 0.636. The molecule has 3 rings (SSSR count). The highest BCUT2D eigenvalue weighted by Gasteiger charge is 2.33. The third kappa shape index (κ3) is 5.47. The predicted molar refractivity (Wildman–Crippen MR) is 109 cm³/mol. The lowest BCUT2D eigenvalue weighted by atomic mass is 9.89. The predicted octanol–water partition coefficient (Wildman–Crippen LogP) is 2.28. The van der Waals surface area contributed by atoms with Crippen LogP contribution in [0.5, 0.6) is 5.75 Å². The summed E-state index contributed by atoms with van der Waals surface area (Å²) in [6, 6.07) is 9.67. The molecule has 2 aliphatic heterocycles. The highest BCUT2D eigenvalue weighted by Crippen LogP contribution is 2.25. The summed E-state index contributed by atoms with van der Waals surface area (Å²) >= 11 is 0. The standard InChI is InChI=1S/C22H33N3O3/c1-17(23)19-6-5-12-25(16-19)22(27)18-9-13-24(14-10-18)21(26)11-15-28-20-7-3-2-4-8-20/h2-4,7-8,17-19H,5-6,9-16,23H2,1H3. The Hall–Kier alpha value is -2.08. The van der Waals surface area contributed by atoms with E-state index in [1.165, 1.54) is 0 Å². The van der Waals surface area contributed by atoms with Gasteiger partial charge in [0.05, 0.1) is 13.0 Å². The zero-order valence-electron chi connectivity index (χ0n) is 16.9. The second kappa shape index (κ2) is 9.92. The average molecular weight is 388 g/mol. The summed E-state index contributed by atoms with van der Waals surface area (Å²) < 4.78 is 5.62. The van der Waals surface area contributed by atoms with Crippen LogP contribution in [0.4, 0.5) is 0 Å². The maximum atomic E-state index is 12.9. The number of nitrogens with two attached hydrogens (primary N) is 1. The topological polar surface area (TPSA) is 75.9 Å². The van der Waals surface area contributed by atoms with Crippen molar-refractivity contribution in [2.45, 2.75) is 45.1 Å². The minimum absolute atomic E-state index is 0.0384. The summed E-state index contributed by atoms with van der Waals surface area (Å²) in [7, 11) is 0. The Morgan fingerprint density at radius 3 is 2.50 bits per heavy atom. The van der Waals surface area contributed by atoms with Gasteiger partial charge < -0.3 is 20.3 Å². The van der Waals surface area contributed by atoms with Crippen molar-refractivity contribution >= 4 is 11.8 Å². The zero-order chi connectivity index (χ0) is 19.9. The van der Waals surface area contributed by atoms with Crippen LogP contribution in [-0.4, -0.2) is 60.4 Å². The van der Waals surface area contributed by atoms with Gasteiger partial charge in [-0.2, -0.15) is 0 Å². The zero-order valence-corrected chi connectivity index (χ0v) is 16.9. The second-order valence-corrected chi connectivity index (χ2v) is 8.11. The van der Waals surface area contributed by atoms with Gasteiger partial charge in [-0.15, -0.1) is 0 Å². The summed E-state index contributed by atoms with van der Waals surface area (Å²) in [5, 5.41) is 0. The average Bonchev–Trinajstić information content (AvgIpc) is 2.74. The Kier molecular flexibility index (Phi) is 7.31. The van der Waals surface area contributed by atoms with E-state index < -0.39 is 0 Å². The third-order valence-corrected chi connectivity index (χ3v) is 6.04. The first kappa shape index (κ1) is 20.6. The second-order valence-electron chi connectivity index (χ2n) is 8.11. The van der Waals surface area contributed by atoms with Crippen LogP contribution in [0.15, 0.2) is 30.3 Å². The third-order valence-electron chi connectivity index (χ3n) is 6.04. The molecule has 1 aromatic carbocycles. The number of amides is 2. The Labute approximate surface area is 168 Å². The number of hydrogen-bond donors (Lipinski definition) is 1. The molecule has 0 aromatic heterocycles. The van der Waals surface area contributed by atoms with E-state index in [2.05, 4.69) is 0 Å². The molecular weight excluding hydrogens is 354 g/mol. The lowest BCUT2D eigenvalue weighted by Gasteiger charge is -2.38. The maximum absolute atomic E-state index is 12.9. The molecule has 6 nitrogen and oxygen atoms in total. The summed E-state index contributed by atoms with van der Waals surface area (Å²) in [4.78, 5) is 29.2. The van der Waals surface area contributed by atoms with Gasteiger partial charge in [-0.3, -0.25) is 9.59 Å². The minimum Gasteiger partial charge on any atom is -0.493 e. The van der Waals surface area contributed by atoms with E-state index in [0.717, 1.165) is 44.5 Å². The van der Waals surface area contributed by atoms with Crippen molar-refractivity contribution in [3.8, 4) is 5.75 Å². The smallest absolute Gasteiger partial charge is 0.225 e. The lowest BCUT2D eigenvalue weighted by Crippen LogP contribution is -2.49. The highest BCUT2D eigenvalue weighted by molar-refractivity contribution is 5.80. The number of piperidine rings is 2. The molecule has 0 saturated carbocycles. The van der Waals surface area contributed by atoms with Crippen molar-refractivity contribution in [3.63, 3.8) is 0 Å². The van der Waals surface area contributed by atoms with E-state index >= 15 is 0 Å². The van der Waals surface area contributed by atoms with Crippen molar-refractivity contribution in [2.75, 3.05) is 32.8 Å². The monoisotopic (exact) mass is 387 g/mol. The van der Waals surface area contributed by atoms with Crippen molar-refractivity contribution in [2.24, 2.45) is 17.6 Å². The van der Waals surface area contributed by atoms with Crippen molar-refractivity contribution in [1.29, 1.82) is 0 Å². The Balaban J connectivity index is 1.40. The van der Waals surface area contributed by atoms with E-state index in [0.29, 0.717) is 32.0 Å². The first-order valence-corrected chi connectivity index (χ1v) is 10.5. The molecule has 2 heterocycles. The SMILES string of the molecule is CC(N)C1CCCN(C(=O)C2CCN(C(=O)CCOc3ccccc3)CC2)C1. The van der Waals surface area contributed by atoms with Crippen LogP contribution in [0.3, 0.4) is 0 Å². The molecule has 1 aromatic rings. The molecule has 2 aliphatic rings. The molecular formula is C22H33N3O3. The Morgan fingerprint density at radius 2 is 1.82 bits per heavy atom. The van der Waals surface area contributed by atoms with Crippen LogP contribution in [0.25, 0.3) is 0 Å². The van der Waals surface area contributed by atoms with E-state index in [9.17, 15) is 9.59 Å². The number of nitrogens with zero attached hydrogens (tertiary/aromatic N) is 2. The van der Waals surface area contributed by atoms with E-state index in [-0.39, 0.29) is 23.8 Å². The molecule has 2 saturated heterocycles. The number of carbonyl (C=O) groups is 2. The van der Waals surface area contributed by atoms with Crippen LogP contribution in [-0.2, 0) is 9.59 Å². The molecule has 154 valence electrons. The summed E-state index contributed by atoms with van der Waals surface area (Å²) in [5.41, 5.74) is 6.04. The van der Waals surface area contributed by atoms with Gasteiger partial charge in [0.2, 0.25) is 11.8 Å². The van der Waals surface area contributed by atoms with Gasteiger partial charge in [-0.05, 0) is 50.7 Å². The fourth-order valence-corrected chi connectivity index (χ4v) is 4.20. The molecule has 0 aliphatic carbocycles. The molecule has 2 unspecified atom stereocenters.